The number of nitriles is 2. The Balaban J connectivity index is 2.40. The van der Waals surface area contributed by atoms with Gasteiger partial charge in [0.05, 0.1) is 49.8 Å². The highest BCUT2D eigenvalue weighted by molar-refractivity contribution is 6.06. The van der Waals surface area contributed by atoms with Crippen LogP contribution in [0.3, 0.4) is 0 Å². The molecule has 0 saturated carbocycles. The van der Waals surface area contributed by atoms with Gasteiger partial charge in [0, 0.05) is 11.3 Å². The van der Waals surface area contributed by atoms with Crippen LogP contribution in [-0.2, 0) is 25.5 Å². The first-order valence-corrected chi connectivity index (χ1v) is 9.70. The molecule has 0 fully saturated rings. The maximum atomic E-state index is 14.2. The Kier molecular flexibility index (Phi) is 6.75. The zero-order valence-corrected chi connectivity index (χ0v) is 17.8. The largest absolute Gasteiger partial charge is 0.466 e. The van der Waals surface area contributed by atoms with Gasteiger partial charge in [-0.05, 0) is 23.8 Å². The summed E-state index contributed by atoms with van der Waals surface area (Å²) in [5.74, 6) is -3.56. The molecule has 1 unspecified atom stereocenters. The summed E-state index contributed by atoms with van der Waals surface area (Å²) in [7, 11) is 2.28. The van der Waals surface area contributed by atoms with Crippen LogP contribution in [0.25, 0.3) is 0 Å². The van der Waals surface area contributed by atoms with E-state index < -0.39 is 23.7 Å². The molecule has 166 valence electrons. The second-order valence-corrected chi connectivity index (χ2v) is 6.95. The van der Waals surface area contributed by atoms with Crippen LogP contribution < -0.4 is 10.6 Å². The number of carbonyl (C=O) groups is 2. The molecule has 1 aliphatic heterocycles. The number of halogens is 1. The fraction of sp³-hybridized carbons (Fsp3) is 0.167. The van der Waals surface area contributed by atoms with Gasteiger partial charge in [-0.2, -0.15) is 10.5 Å². The second kappa shape index (κ2) is 9.67. The van der Waals surface area contributed by atoms with Crippen molar-refractivity contribution in [1.82, 2.24) is 0 Å². The monoisotopic (exact) mass is 446 g/mol. The maximum absolute atomic E-state index is 14.2. The maximum Gasteiger partial charge on any atom is 0.355 e. The van der Waals surface area contributed by atoms with Gasteiger partial charge in [-0.15, -0.1) is 0 Å². The van der Waals surface area contributed by atoms with Crippen molar-refractivity contribution in [2.24, 2.45) is 5.73 Å². The third kappa shape index (κ3) is 4.12. The molecule has 0 aromatic heterocycles. The Labute approximate surface area is 189 Å². The topological polar surface area (TPSA) is 129 Å². The standard InChI is InChI=1S/C24H19FN4O4/c1-32-23(30)20-19(14-6-4-3-5-7-14)17(13-27)22(28)29(21(20)24(31)33-2)16-8-9-18(25)15(12-16)10-11-26/h3-9,12,19H,10,28H2,1-2H3. The number of hydrogen-bond acceptors (Lipinski definition) is 8. The lowest BCUT2D eigenvalue weighted by Crippen LogP contribution is -2.40. The summed E-state index contributed by atoms with van der Waals surface area (Å²) in [6, 6.07) is 16.2. The minimum Gasteiger partial charge on any atom is -0.466 e. The Bertz CT molecular complexity index is 1260. The van der Waals surface area contributed by atoms with Crippen molar-refractivity contribution in [2.45, 2.75) is 12.3 Å². The smallest absolute Gasteiger partial charge is 0.355 e. The average Bonchev–Trinajstić information content (AvgIpc) is 2.84. The summed E-state index contributed by atoms with van der Waals surface area (Å²) in [5.41, 5.74) is 6.67. The lowest BCUT2D eigenvalue weighted by Gasteiger charge is -2.36. The van der Waals surface area contributed by atoms with Gasteiger partial charge >= 0.3 is 11.9 Å². The summed E-state index contributed by atoms with van der Waals surface area (Å²) in [5, 5.41) is 19.0. The molecule has 8 nitrogen and oxygen atoms in total. The SMILES string of the molecule is COC(=O)C1=C(C(=O)OC)N(c2ccc(F)c(CC#N)c2)C(N)=C(C#N)C1c1ccccc1. The van der Waals surface area contributed by atoms with Gasteiger partial charge < -0.3 is 15.2 Å². The third-order valence-electron chi connectivity index (χ3n) is 5.17. The molecule has 2 N–H and O–H groups in total. The van der Waals surface area contributed by atoms with Crippen molar-refractivity contribution in [3.63, 3.8) is 0 Å². The van der Waals surface area contributed by atoms with Crippen LogP contribution >= 0.6 is 0 Å². The van der Waals surface area contributed by atoms with Gasteiger partial charge in [0.1, 0.15) is 17.3 Å². The molecule has 2 aromatic rings. The number of hydrogen-bond donors (Lipinski definition) is 1. The fourth-order valence-electron chi connectivity index (χ4n) is 3.70. The third-order valence-corrected chi connectivity index (χ3v) is 5.17. The molecule has 0 amide bonds. The molecule has 0 spiro atoms. The summed E-state index contributed by atoms with van der Waals surface area (Å²) in [4.78, 5) is 27.1. The van der Waals surface area contributed by atoms with Crippen LogP contribution in [0.5, 0.6) is 0 Å². The first-order valence-electron chi connectivity index (χ1n) is 9.70. The highest BCUT2D eigenvalue weighted by Gasteiger charge is 2.43. The van der Waals surface area contributed by atoms with Crippen LogP contribution in [0, 0.1) is 28.5 Å². The van der Waals surface area contributed by atoms with Crippen molar-refractivity contribution in [2.75, 3.05) is 19.1 Å². The van der Waals surface area contributed by atoms with Crippen molar-refractivity contribution < 1.29 is 23.5 Å². The van der Waals surface area contributed by atoms with Gasteiger partial charge in [0.25, 0.3) is 0 Å². The lowest BCUT2D eigenvalue weighted by atomic mass is 9.81. The van der Waals surface area contributed by atoms with E-state index >= 15 is 0 Å². The van der Waals surface area contributed by atoms with Crippen molar-refractivity contribution in [3.8, 4) is 12.1 Å². The summed E-state index contributed by atoms with van der Waals surface area (Å²) >= 11 is 0. The molecule has 3 rings (SSSR count). The Morgan fingerprint density at radius 2 is 1.76 bits per heavy atom. The Morgan fingerprint density at radius 1 is 1.09 bits per heavy atom. The molecule has 0 saturated heterocycles. The summed E-state index contributed by atoms with van der Waals surface area (Å²) in [6.45, 7) is 0. The van der Waals surface area contributed by atoms with E-state index in [0.717, 1.165) is 25.2 Å². The number of methoxy groups -OCH3 is 2. The van der Waals surface area contributed by atoms with E-state index in [-0.39, 0.29) is 40.3 Å². The molecular weight excluding hydrogens is 427 g/mol. The van der Waals surface area contributed by atoms with Gasteiger partial charge in [-0.3, -0.25) is 4.90 Å². The first kappa shape index (κ1) is 23.0. The minimum absolute atomic E-state index is 0.0135. The minimum atomic E-state index is -1.01. The van der Waals surface area contributed by atoms with E-state index in [1.165, 1.54) is 12.1 Å². The predicted molar refractivity (Wildman–Crippen MR) is 115 cm³/mol. The highest BCUT2D eigenvalue weighted by Crippen LogP contribution is 2.43. The molecule has 1 heterocycles. The predicted octanol–water partition coefficient (Wildman–Crippen LogP) is 2.79. The van der Waals surface area contributed by atoms with E-state index in [4.69, 9.17) is 20.5 Å². The molecule has 1 atom stereocenters. The van der Waals surface area contributed by atoms with Gasteiger partial charge in [0.15, 0.2) is 0 Å². The number of nitrogens with two attached hydrogens (primary N) is 1. The fourth-order valence-corrected chi connectivity index (χ4v) is 3.70. The first-order chi connectivity index (χ1) is 15.9. The quantitative estimate of drug-likeness (QED) is 0.694. The second-order valence-electron chi connectivity index (χ2n) is 6.95. The lowest BCUT2D eigenvalue weighted by molar-refractivity contribution is -0.139. The number of nitrogens with zero attached hydrogens (tertiary/aromatic N) is 3. The molecule has 0 bridgehead atoms. The summed E-state index contributed by atoms with van der Waals surface area (Å²) in [6.07, 6.45) is -0.240. The van der Waals surface area contributed by atoms with E-state index in [0.29, 0.717) is 5.56 Å². The number of ether oxygens (including phenoxy) is 2. The van der Waals surface area contributed by atoms with Crippen molar-refractivity contribution >= 4 is 17.6 Å². The van der Waals surface area contributed by atoms with Gasteiger partial charge in [-0.25, -0.2) is 14.0 Å². The van der Waals surface area contributed by atoms with E-state index in [9.17, 15) is 19.2 Å². The van der Waals surface area contributed by atoms with Crippen molar-refractivity contribution in [1.29, 1.82) is 10.5 Å². The molecule has 0 radical (unpaired) electrons. The molecule has 1 aliphatic rings. The van der Waals surface area contributed by atoms with Crippen LogP contribution in [0.1, 0.15) is 17.0 Å². The molecule has 9 heteroatoms. The van der Waals surface area contributed by atoms with E-state index in [1.54, 1.807) is 30.3 Å². The Hall–Kier alpha value is -4.63. The number of allylic oxidation sites excluding steroid dienone is 1. The number of esters is 2. The molecule has 33 heavy (non-hydrogen) atoms. The molecule has 2 aromatic carbocycles. The average molecular weight is 446 g/mol. The van der Waals surface area contributed by atoms with Crippen LogP contribution in [0.15, 0.2) is 71.2 Å². The van der Waals surface area contributed by atoms with Crippen molar-refractivity contribution in [3.05, 3.63) is 88.1 Å². The molecular formula is C24H19FN4O4. The van der Waals surface area contributed by atoms with Crippen LogP contribution in [0.4, 0.5) is 10.1 Å². The number of benzene rings is 2. The van der Waals surface area contributed by atoms with Gasteiger partial charge in [0.2, 0.25) is 0 Å². The van der Waals surface area contributed by atoms with Gasteiger partial charge in [-0.1, -0.05) is 30.3 Å². The van der Waals surface area contributed by atoms with E-state index in [2.05, 4.69) is 0 Å². The number of carbonyl (C=O) groups excluding carboxylic acids is 2. The number of rotatable bonds is 5. The van der Waals surface area contributed by atoms with Crippen LogP contribution in [0.2, 0.25) is 0 Å². The van der Waals surface area contributed by atoms with Crippen LogP contribution in [-0.4, -0.2) is 26.2 Å². The number of anilines is 1. The van der Waals surface area contributed by atoms with E-state index in [1.807, 2.05) is 12.1 Å². The Morgan fingerprint density at radius 3 is 2.33 bits per heavy atom. The normalized spacial score (nSPS) is 15.5. The summed E-state index contributed by atoms with van der Waals surface area (Å²) < 4.78 is 24.1. The zero-order valence-electron chi connectivity index (χ0n) is 17.8. The zero-order chi connectivity index (χ0) is 24.1. The molecule has 0 aliphatic carbocycles. The highest BCUT2D eigenvalue weighted by atomic mass is 19.1.